The van der Waals surface area contributed by atoms with Crippen molar-refractivity contribution in [3.05, 3.63) is 23.2 Å². The molecule has 0 amide bonds. The van der Waals surface area contributed by atoms with Gasteiger partial charge in [-0.25, -0.2) is 4.98 Å². The molecule has 0 fully saturated rings. The Labute approximate surface area is 80.6 Å². The van der Waals surface area contributed by atoms with Crippen molar-refractivity contribution >= 4 is 27.2 Å². The normalized spacial score (nSPS) is 10.8. The fraction of sp³-hybridized carbons (Fsp3) is 0.222. The van der Waals surface area contributed by atoms with Crippen LogP contribution in [0.4, 0.5) is 5.69 Å². The van der Waals surface area contributed by atoms with E-state index in [9.17, 15) is 0 Å². The van der Waals surface area contributed by atoms with E-state index in [1.165, 1.54) is 4.70 Å². The van der Waals surface area contributed by atoms with Gasteiger partial charge in [0.25, 0.3) is 0 Å². The van der Waals surface area contributed by atoms with Gasteiger partial charge >= 0.3 is 0 Å². The second-order valence-electron chi connectivity index (χ2n) is 2.87. The van der Waals surface area contributed by atoms with Crippen molar-refractivity contribution in [3.63, 3.8) is 0 Å². The van der Waals surface area contributed by atoms with Crippen LogP contribution in [-0.4, -0.2) is 12.0 Å². The minimum Gasteiger partial charge on any atom is -0.399 e. The van der Waals surface area contributed by atoms with Gasteiger partial charge in [0, 0.05) is 12.2 Å². The first-order valence-electron chi connectivity index (χ1n) is 4.09. The third-order valence-corrected chi connectivity index (χ3v) is 2.82. The Balaban J connectivity index is 2.49. The molecule has 0 unspecified atom stereocenters. The number of thiazole rings is 1. The van der Waals surface area contributed by atoms with Crippen LogP contribution in [-0.2, 0) is 6.54 Å². The molecule has 0 aliphatic carbocycles. The van der Waals surface area contributed by atoms with Gasteiger partial charge in [0.05, 0.1) is 10.2 Å². The molecule has 0 radical (unpaired) electrons. The minimum absolute atomic E-state index is 0.772. The van der Waals surface area contributed by atoms with E-state index >= 15 is 0 Å². The summed E-state index contributed by atoms with van der Waals surface area (Å²) < 4.78 is 1.19. The van der Waals surface area contributed by atoms with Crippen molar-refractivity contribution in [1.29, 1.82) is 0 Å². The van der Waals surface area contributed by atoms with Crippen molar-refractivity contribution in [2.45, 2.75) is 6.54 Å². The summed E-state index contributed by atoms with van der Waals surface area (Å²) in [7, 11) is 1.92. The molecule has 0 saturated carbocycles. The average Bonchev–Trinajstić information content (AvgIpc) is 2.46. The lowest BCUT2D eigenvalue weighted by Crippen LogP contribution is -2.03. The molecule has 1 aromatic carbocycles. The number of anilines is 1. The van der Waals surface area contributed by atoms with E-state index in [0.29, 0.717) is 0 Å². The molecular weight excluding hydrogens is 182 g/mol. The van der Waals surface area contributed by atoms with E-state index in [1.807, 2.05) is 25.2 Å². The highest BCUT2D eigenvalue weighted by Crippen LogP contribution is 2.23. The van der Waals surface area contributed by atoms with E-state index in [2.05, 4.69) is 10.3 Å². The molecule has 0 atom stereocenters. The van der Waals surface area contributed by atoms with Gasteiger partial charge in [-0.05, 0) is 25.2 Å². The van der Waals surface area contributed by atoms with Gasteiger partial charge in [-0.3, -0.25) is 0 Å². The molecular formula is C9H11N3S. The minimum atomic E-state index is 0.772. The molecule has 3 nitrogen and oxygen atoms in total. The van der Waals surface area contributed by atoms with Gasteiger partial charge in [-0.15, -0.1) is 11.3 Å². The summed E-state index contributed by atoms with van der Waals surface area (Å²) >= 11 is 1.70. The van der Waals surface area contributed by atoms with E-state index in [0.717, 1.165) is 22.8 Å². The highest BCUT2D eigenvalue weighted by atomic mass is 32.1. The summed E-state index contributed by atoms with van der Waals surface area (Å²) in [4.78, 5) is 4.44. The van der Waals surface area contributed by atoms with Gasteiger partial charge in [-0.2, -0.15) is 0 Å². The number of nitrogens with zero attached hydrogens (tertiary/aromatic N) is 1. The molecule has 2 aromatic rings. The Bertz CT molecular complexity index is 422. The first-order chi connectivity index (χ1) is 6.29. The topological polar surface area (TPSA) is 50.9 Å². The highest BCUT2D eigenvalue weighted by molar-refractivity contribution is 7.18. The fourth-order valence-corrected chi connectivity index (χ4v) is 2.18. The Morgan fingerprint density at radius 1 is 1.54 bits per heavy atom. The molecule has 0 aliphatic heterocycles. The van der Waals surface area contributed by atoms with Crippen molar-refractivity contribution in [2.75, 3.05) is 12.8 Å². The monoisotopic (exact) mass is 193 g/mol. The smallest absolute Gasteiger partial charge is 0.108 e. The summed E-state index contributed by atoms with van der Waals surface area (Å²) in [6, 6.07) is 5.83. The molecule has 1 heterocycles. The van der Waals surface area contributed by atoms with Crippen LogP contribution in [0.3, 0.4) is 0 Å². The van der Waals surface area contributed by atoms with Gasteiger partial charge in [-0.1, -0.05) is 0 Å². The second kappa shape index (κ2) is 3.32. The first-order valence-corrected chi connectivity index (χ1v) is 4.91. The summed E-state index contributed by atoms with van der Waals surface area (Å²) in [5.41, 5.74) is 7.42. The zero-order valence-electron chi connectivity index (χ0n) is 7.37. The van der Waals surface area contributed by atoms with Crippen LogP contribution in [0.2, 0.25) is 0 Å². The molecule has 0 aliphatic rings. The number of fused-ring (bicyclic) bond motifs is 1. The van der Waals surface area contributed by atoms with Crippen molar-refractivity contribution in [2.24, 2.45) is 0 Å². The average molecular weight is 193 g/mol. The quantitative estimate of drug-likeness (QED) is 0.712. The third kappa shape index (κ3) is 1.64. The lowest BCUT2D eigenvalue weighted by Gasteiger charge is -1.89. The van der Waals surface area contributed by atoms with Gasteiger partial charge in [0.2, 0.25) is 0 Å². The van der Waals surface area contributed by atoms with Crippen molar-refractivity contribution < 1.29 is 0 Å². The highest BCUT2D eigenvalue weighted by Gasteiger charge is 2.02. The fourth-order valence-electron chi connectivity index (χ4n) is 1.22. The molecule has 0 bridgehead atoms. The van der Waals surface area contributed by atoms with Crippen molar-refractivity contribution in [1.82, 2.24) is 10.3 Å². The molecule has 0 spiro atoms. The van der Waals surface area contributed by atoms with E-state index in [1.54, 1.807) is 11.3 Å². The first kappa shape index (κ1) is 8.47. The van der Waals surface area contributed by atoms with E-state index < -0.39 is 0 Å². The van der Waals surface area contributed by atoms with E-state index in [-0.39, 0.29) is 0 Å². The van der Waals surface area contributed by atoms with E-state index in [4.69, 9.17) is 5.73 Å². The number of nitrogen functional groups attached to an aromatic ring is 1. The molecule has 3 N–H and O–H groups in total. The summed E-state index contributed by atoms with van der Waals surface area (Å²) in [6.45, 7) is 0.819. The number of aromatic nitrogens is 1. The zero-order valence-corrected chi connectivity index (χ0v) is 8.19. The predicted octanol–water partition coefficient (Wildman–Crippen LogP) is 1.60. The largest absolute Gasteiger partial charge is 0.399 e. The van der Waals surface area contributed by atoms with Crippen LogP contribution in [0.25, 0.3) is 10.2 Å². The standard InChI is InChI=1S/C9H11N3S/c1-11-5-9-12-7-4-6(10)2-3-8(7)13-9/h2-4,11H,5,10H2,1H3. The second-order valence-corrected chi connectivity index (χ2v) is 3.98. The molecule has 13 heavy (non-hydrogen) atoms. The maximum absolute atomic E-state index is 5.66. The zero-order chi connectivity index (χ0) is 9.26. The van der Waals surface area contributed by atoms with Gasteiger partial charge < -0.3 is 11.1 Å². The third-order valence-electron chi connectivity index (χ3n) is 1.78. The van der Waals surface area contributed by atoms with Crippen LogP contribution in [0, 0.1) is 0 Å². The van der Waals surface area contributed by atoms with Crippen molar-refractivity contribution in [3.8, 4) is 0 Å². The maximum atomic E-state index is 5.66. The summed E-state index contributed by atoms with van der Waals surface area (Å²) in [5, 5.41) is 4.18. The van der Waals surface area contributed by atoms with Gasteiger partial charge in [0.15, 0.2) is 0 Å². The molecule has 0 saturated heterocycles. The Morgan fingerprint density at radius 2 is 2.38 bits per heavy atom. The summed E-state index contributed by atoms with van der Waals surface area (Å²) in [5.74, 6) is 0. The van der Waals surface area contributed by atoms with Crippen LogP contribution < -0.4 is 11.1 Å². The molecule has 1 aromatic heterocycles. The SMILES string of the molecule is CNCc1nc2cc(N)ccc2s1. The number of hydrogen-bond donors (Lipinski definition) is 2. The van der Waals surface area contributed by atoms with Crippen LogP contribution in [0.15, 0.2) is 18.2 Å². The molecule has 68 valence electrons. The predicted molar refractivity (Wildman–Crippen MR) is 56.8 cm³/mol. The number of hydrogen-bond acceptors (Lipinski definition) is 4. The Hall–Kier alpha value is -1.13. The Kier molecular flexibility index (Phi) is 2.16. The molecule has 4 heteroatoms. The lowest BCUT2D eigenvalue weighted by atomic mass is 10.3. The van der Waals surface area contributed by atoms with Crippen LogP contribution in [0.1, 0.15) is 5.01 Å². The number of rotatable bonds is 2. The summed E-state index contributed by atoms with van der Waals surface area (Å²) in [6.07, 6.45) is 0. The molecule has 2 rings (SSSR count). The number of benzene rings is 1. The number of nitrogens with two attached hydrogens (primary N) is 1. The Morgan fingerprint density at radius 3 is 3.15 bits per heavy atom. The van der Waals surface area contributed by atoms with Crippen LogP contribution >= 0.6 is 11.3 Å². The van der Waals surface area contributed by atoms with Gasteiger partial charge in [0.1, 0.15) is 5.01 Å². The van der Waals surface area contributed by atoms with Crippen LogP contribution in [0.5, 0.6) is 0 Å². The number of nitrogens with one attached hydrogen (secondary N) is 1. The maximum Gasteiger partial charge on any atom is 0.108 e. The lowest BCUT2D eigenvalue weighted by molar-refractivity contribution is 0.812.